The molecule has 0 amide bonds. The van der Waals surface area contributed by atoms with Gasteiger partial charge in [-0.3, -0.25) is 10.1 Å². The molecule has 9 nitrogen and oxygen atoms in total. The molecule has 0 saturated carbocycles. The number of anilines is 1. The zero-order valence-electron chi connectivity index (χ0n) is 13.2. The van der Waals surface area contributed by atoms with Crippen LogP contribution in [0.1, 0.15) is 0 Å². The van der Waals surface area contributed by atoms with Gasteiger partial charge in [-0.1, -0.05) is 6.07 Å². The molecule has 1 aliphatic rings. The fourth-order valence-electron chi connectivity index (χ4n) is 2.56. The molecule has 0 radical (unpaired) electrons. The number of sulfonamides is 1. The highest BCUT2D eigenvalue weighted by molar-refractivity contribution is 7.89. The van der Waals surface area contributed by atoms with Gasteiger partial charge in [-0.15, -0.1) is 0 Å². The number of aromatic nitrogens is 2. The first-order chi connectivity index (χ1) is 12.3. The molecule has 2 heterocycles. The SMILES string of the molecule is O=[N+]([O-])c1cnc(N2CCN(S(=O)(=O)c3c(F)cccc3F)CC2)nc1. The summed E-state index contributed by atoms with van der Waals surface area (Å²) in [5.41, 5.74) is -0.259. The van der Waals surface area contributed by atoms with Gasteiger partial charge in [0.25, 0.3) is 0 Å². The minimum Gasteiger partial charge on any atom is -0.338 e. The van der Waals surface area contributed by atoms with Crippen LogP contribution in [0.5, 0.6) is 0 Å². The van der Waals surface area contributed by atoms with Crippen molar-refractivity contribution in [1.29, 1.82) is 0 Å². The van der Waals surface area contributed by atoms with Crippen LogP contribution >= 0.6 is 0 Å². The Morgan fingerprint density at radius 2 is 1.58 bits per heavy atom. The van der Waals surface area contributed by atoms with E-state index in [0.717, 1.165) is 34.9 Å². The van der Waals surface area contributed by atoms with Gasteiger partial charge in [-0.2, -0.15) is 4.31 Å². The molecule has 26 heavy (non-hydrogen) atoms. The largest absolute Gasteiger partial charge is 0.338 e. The normalized spacial score (nSPS) is 15.8. The average molecular weight is 385 g/mol. The molecule has 0 spiro atoms. The molecule has 138 valence electrons. The van der Waals surface area contributed by atoms with E-state index in [4.69, 9.17) is 0 Å². The Morgan fingerprint density at radius 3 is 2.08 bits per heavy atom. The molecule has 0 atom stereocenters. The molecular weight excluding hydrogens is 372 g/mol. The van der Waals surface area contributed by atoms with E-state index in [1.807, 2.05) is 0 Å². The molecule has 2 aromatic rings. The Labute approximate surface area is 147 Å². The Balaban J connectivity index is 1.75. The van der Waals surface area contributed by atoms with Crippen LogP contribution < -0.4 is 4.90 Å². The van der Waals surface area contributed by atoms with Crippen LogP contribution in [0.3, 0.4) is 0 Å². The zero-order chi connectivity index (χ0) is 18.9. The first-order valence-corrected chi connectivity index (χ1v) is 8.90. The lowest BCUT2D eigenvalue weighted by Crippen LogP contribution is -2.49. The van der Waals surface area contributed by atoms with Crippen molar-refractivity contribution in [2.24, 2.45) is 0 Å². The van der Waals surface area contributed by atoms with Crippen molar-refractivity contribution in [2.75, 3.05) is 31.1 Å². The van der Waals surface area contributed by atoms with Gasteiger partial charge in [0.1, 0.15) is 24.0 Å². The summed E-state index contributed by atoms with van der Waals surface area (Å²) in [5.74, 6) is -2.08. The minimum atomic E-state index is -4.32. The number of halogens is 2. The molecule has 0 bridgehead atoms. The van der Waals surface area contributed by atoms with Crippen molar-refractivity contribution < 1.29 is 22.1 Å². The van der Waals surface area contributed by atoms with E-state index in [1.165, 1.54) is 0 Å². The third-order valence-electron chi connectivity index (χ3n) is 3.87. The van der Waals surface area contributed by atoms with Gasteiger partial charge in [-0.05, 0) is 12.1 Å². The lowest BCUT2D eigenvalue weighted by molar-refractivity contribution is -0.385. The van der Waals surface area contributed by atoms with E-state index in [0.29, 0.717) is 0 Å². The fourth-order valence-corrected chi connectivity index (χ4v) is 4.09. The smallest absolute Gasteiger partial charge is 0.305 e. The lowest BCUT2D eigenvalue weighted by Gasteiger charge is -2.33. The Hall–Kier alpha value is -2.73. The van der Waals surface area contributed by atoms with Gasteiger partial charge in [-0.25, -0.2) is 27.2 Å². The van der Waals surface area contributed by atoms with E-state index in [1.54, 1.807) is 4.90 Å². The van der Waals surface area contributed by atoms with Gasteiger partial charge in [0.15, 0.2) is 4.90 Å². The summed E-state index contributed by atoms with van der Waals surface area (Å²) in [6, 6.07) is 2.86. The van der Waals surface area contributed by atoms with Gasteiger partial charge >= 0.3 is 5.69 Å². The third-order valence-corrected chi connectivity index (χ3v) is 5.82. The van der Waals surface area contributed by atoms with E-state index in [-0.39, 0.29) is 37.8 Å². The second-order valence-electron chi connectivity index (χ2n) is 5.44. The highest BCUT2D eigenvalue weighted by Gasteiger charge is 2.33. The summed E-state index contributed by atoms with van der Waals surface area (Å²) >= 11 is 0. The summed E-state index contributed by atoms with van der Waals surface area (Å²) < 4.78 is 53.6. The second-order valence-corrected chi connectivity index (χ2v) is 7.32. The number of piperazine rings is 1. The first kappa shape index (κ1) is 18.1. The van der Waals surface area contributed by atoms with Crippen LogP contribution in [-0.4, -0.2) is 53.8 Å². The molecule has 1 aromatic heterocycles. The summed E-state index contributed by atoms with van der Waals surface area (Å²) in [6.07, 6.45) is 2.11. The third kappa shape index (κ3) is 3.32. The van der Waals surface area contributed by atoms with Crippen LogP contribution in [-0.2, 0) is 10.0 Å². The van der Waals surface area contributed by atoms with Gasteiger partial charge in [0, 0.05) is 26.2 Å². The summed E-state index contributed by atoms with van der Waals surface area (Å²) in [6.45, 7) is 0.285. The predicted molar refractivity (Wildman–Crippen MR) is 86.0 cm³/mol. The maximum atomic E-state index is 13.8. The van der Waals surface area contributed by atoms with Crippen molar-refractivity contribution >= 4 is 21.7 Å². The quantitative estimate of drug-likeness (QED) is 0.574. The fraction of sp³-hybridized carbons (Fsp3) is 0.286. The lowest BCUT2D eigenvalue weighted by atomic mass is 10.3. The van der Waals surface area contributed by atoms with Crippen molar-refractivity contribution in [1.82, 2.24) is 14.3 Å². The molecule has 12 heteroatoms. The number of hydrogen-bond donors (Lipinski definition) is 0. The highest BCUT2D eigenvalue weighted by atomic mass is 32.2. The molecule has 0 aliphatic carbocycles. The molecule has 0 N–H and O–H groups in total. The standard InChI is InChI=1S/C14H13F2N5O4S/c15-11-2-1-3-12(16)13(11)26(24,25)20-6-4-19(5-7-20)14-17-8-10(9-18-14)21(22)23/h1-3,8-9H,4-7H2. The zero-order valence-corrected chi connectivity index (χ0v) is 14.1. The molecular formula is C14H13F2N5O4S. The summed E-state index contributed by atoms with van der Waals surface area (Å²) in [7, 11) is -4.32. The number of rotatable bonds is 4. The molecule has 1 saturated heterocycles. The maximum absolute atomic E-state index is 13.8. The van der Waals surface area contributed by atoms with Crippen LogP contribution in [0.4, 0.5) is 20.4 Å². The maximum Gasteiger partial charge on any atom is 0.305 e. The van der Waals surface area contributed by atoms with Gasteiger partial charge in [0.2, 0.25) is 16.0 Å². The molecule has 1 fully saturated rings. The summed E-state index contributed by atoms with van der Waals surface area (Å²) in [5, 5.41) is 10.6. The number of hydrogen-bond acceptors (Lipinski definition) is 7. The van der Waals surface area contributed by atoms with Crippen LogP contribution in [0.25, 0.3) is 0 Å². The topological polar surface area (TPSA) is 110 Å². The number of benzene rings is 1. The Morgan fingerprint density at radius 1 is 1.04 bits per heavy atom. The van der Waals surface area contributed by atoms with E-state index < -0.39 is 31.5 Å². The van der Waals surface area contributed by atoms with Crippen molar-refractivity contribution in [3.63, 3.8) is 0 Å². The average Bonchev–Trinajstić information content (AvgIpc) is 2.61. The number of nitro groups is 1. The van der Waals surface area contributed by atoms with E-state index in [2.05, 4.69) is 9.97 Å². The van der Waals surface area contributed by atoms with Gasteiger partial charge in [0.05, 0.1) is 4.92 Å². The highest BCUT2D eigenvalue weighted by Crippen LogP contribution is 2.24. The van der Waals surface area contributed by atoms with E-state index >= 15 is 0 Å². The first-order valence-electron chi connectivity index (χ1n) is 7.46. The van der Waals surface area contributed by atoms with Crippen molar-refractivity contribution in [3.05, 3.63) is 52.3 Å². The van der Waals surface area contributed by atoms with E-state index in [9.17, 15) is 27.3 Å². The summed E-state index contributed by atoms with van der Waals surface area (Å²) in [4.78, 5) is 18.4. The van der Waals surface area contributed by atoms with Crippen molar-refractivity contribution in [2.45, 2.75) is 4.90 Å². The second kappa shape index (κ2) is 6.88. The molecule has 1 aromatic carbocycles. The Bertz CT molecular complexity index is 911. The van der Waals surface area contributed by atoms with Crippen molar-refractivity contribution in [3.8, 4) is 0 Å². The molecule has 1 aliphatic heterocycles. The van der Waals surface area contributed by atoms with Crippen LogP contribution in [0.2, 0.25) is 0 Å². The van der Waals surface area contributed by atoms with Crippen LogP contribution in [0, 0.1) is 21.7 Å². The minimum absolute atomic E-state index is 0.0313. The Kier molecular flexibility index (Phi) is 4.78. The molecule has 0 unspecified atom stereocenters. The molecule has 3 rings (SSSR count). The monoisotopic (exact) mass is 385 g/mol. The number of nitrogens with zero attached hydrogens (tertiary/aromatic N) is 5. The van der Waals surface area contributed by atoms with Crippen LogP contribution in [0.15, 0.2) is 35.5 Å². The van der Waals surface area contributed by atoms with Gasteiger partial charge < -0.3 is 4.90 Å². The predicted octanol–water partition coefficient (Wildman–Crippen LogP) is 1.17.